The van der Waals surface area contributed by atoms with E-state index in [4.69, 9.17) is 0 Å². The van der Waals surface area contributed by atoms with Crippen molar-refractivity contribution >= 4 is 23.1 Å². The van der Waals surface area contributed by atoms with Crippen molar-refractivity contribution in [3.05, 3.63) is 53.4 Å². The Bertz CT molecular complexity index is 719. The minimum Gasteiger partial charge on any atom is -0.301 e. The van der Waals surface area contributed by atoms with Crippen LogP contribution in [0.5, 0.6) is 0 Å². The molecular weight excluding hydrogens is 298 g/mol. The predicted octanol–water partition coefficient (Wildman–Crippen LogP) is 4.63. The van der Waals surface area contributed by atoms with Gasteiger partial charge in [-0.25, -0.2) is 0 Å². The van der Waals surface area contributed by atoms with Crippen molar-refractivity contribution in [3.8, 4) is 10.7 Å². The molecule has 4 rings (SSSR count). The van der Waals surface area contributed by atoms with Gasteiger partial charge in [-0.2, -0.15) is 0 Å². The van der Waals surface area contributed by atoms with Crippen molar-refractivity contribution in [1.29, 1.82) is 0 Å². The highest BCUT2D eigenvalue weighted by molar-refractivity contribution is 7.99. The van der Waals surface area contributed by atoms with Crippen LogP contribution in [0.4, 0.5) is 0 Å². The van der Waals surface area contributed by atoms with Gasteiger partial charge < -0.3 is 4.57 Å². The molecule has 0 saturated heterocycles. The van der Waals surface area contributed by atoms with Crippen LogP contribution in [0.2, 0.25) is 0 Å². The molecule has 21 heavy (non-hydrogen) atoms. The van der Waals surface area contributed by atoms with E-state index in [9.17, 15) is 0 Å². The molecule has 1 aliphatic rings. The number of thiophene rings is 1. The van der Waals surface area contributed by atoms with Crippen LogP contribution in [0.25, 0.3) is 10.7 Å². The van der Waals surface area contributed by atoms with Gasteiger partial charge in [0.1, 0.15) is 0 Å². The molecule has 1 aliphatic heterocycles. The van der Waals surface area contributed by atoms with Crippen LogP contribution >= 0.6 is 23.1 Å². The maximum atomic E-state index is 4.43. The standard InChI is InChI=1S/C16H15N3S2/c1-2-6-12(7-3-1)13-8-4-10-19-15(14-9-5-11-20-14)17-18-16(19)21-13/h1-3,5-7,9,11,13H,4,8,10H2. The fourth-order valence-corrected chi connectivity index (χ4v) is 4.63. The molecule has 1 aromatic carbocycles. The summed E-state index contributed by atoms with van der Waals surface area (Å²) in [7, 11) is 0. The summed E-state index contributed by atoms with van der Waals surface area (Å²) in [4.78, 5) is 1.20. The minimum atomic E-state index is 0.479. The zero-order chi connectivity index (χ0) is 14.1. The number of benzene rings is 1. The van der Waals surface area contributed by atoms with E-state index >= 15 is 0 Å². The molecule has 0 fully saturated rings. The van der Waals surface area contributed by atoms with Crippen LogP contribution in [-0.2, 0) is 6.54 Å². The van der Waals surface area contributed by atoms with Crippen molar-refractivity contribution < 1.29 is 0 Å². The molecule has 3 nitrogen and oxygen atoms in total. The lowest BCUT2D eigenvalue weighted by molar-refractivity contribution is 0.591. The number of hydrogen-bond acceptors (Lipinski definition) is 4. The third kappa shape index (κ3) is 2.51. The van der Waals surface area contributed by atoms with Gasteiger partial charge in [0.05, 0.1) is 4.88 Å². The second-order valence-corrected chi connectivity index (χ2v) is 7.21. The van der Waals surface area contributed by atoms with Crippen LogP contribution in [-0.4, -0.2) is 14.8 Å². The van der Waals surface area contributed by atoms with Crippen LogP contribution in [0.1, 0.15) is 23.7 Å². The van der Waals surface area contributed by atoms with Crippen molar-refractivity contribution in [3.63, 3.8) is 0 Å². The first-order valence-electron chi connectivity index (χ1n) is 7.10. The highest BCUT2D eigenvalue weighted by Gasteiger charge is 2.23. The summed E-state index contributed by atoms with van der Waals surface area (Å²) in [5, 5.41) is 12.5. The zero-order valence-electron chi connectivity index (χ0n) is 11.5. The second-order valence-electron chi connectivity index (χ2n) is 5.09. The van der Waals surface area contributed by atoms with Gasteiger partial charge in [0.2, 0.25) is 0 Å². The molecule has 0 aliphatic carbocycles. The summed E-state index contributed by atoms with van der Waals surface area (Å²) in [6.07, 6.45) is 2.35. The highest BCUT2D eigenvalue weighted by Crippen LogP contribution is 2.41. The summed E-state index contributed by atoms with van der Waals surface area (Å²) in [5.74, 6) is 1.02. The first-order valence-corrected chi connectivity index (χ1v) is 8.86. The van der Waals surface area contributed by atoms with Crippen molar-refractivity contribution in [2.24, 2.45) is 0 Å². The van der Waals surface area contributed by atoms with E-state index in [1.807, 2.05) is 11.8 Å². The Morgan fingerprint density at radius 2 is 1.95 bits per heavy atom. The molecular formula is C16H15N3S2. The summed E-state index contributed by atoms with van der Waals surface area (Å²) < 4.78 is 2.28. The van der Waals surface area contributed by atoms with E-state index < -0.39 is 0 Å². The third-order valence-corrected chi connectivity index (χ3v) is 5.90. The molecule has 0 bridgehead atoms. The highest BCUT2D eigenvalue weighted by atomic mass is 32.2. The van der Waals surface area contributed by atoms with E-state index in [2.05, 4.69) is 62.6 Å². The molecule has 0 N–H and O–H groups in total. The van der Waals surface area contributed by atoms with Crippen LogP contribution in [0.3, 0.4) is 0 Å². The molecule has 0 spiro atoms. The van der Waals surface area contributed by atoms with Gasteiger partial charge in [0.25, 0.3) is 0 Å². The smallest absolute Gasteiger partial charge is 0.192 e. The van der Waals surface area contributed by atoms with E-state index in [-0.39, 0.29) is 0 Å². The lowest BCUT2D eigenvalue weighted by Gasteiger charge is -2.12. The fourth-order valence-electron chi connectivity index (χ4n) is 2.69. The van der Waals surface area contributed by atoms with E-state index in [1.165, 1.54) is 16.9 Å². The van der Waals surface area contributed by atoms with Gasteiger partial charge >= 0.3 is 0 Å². The van der Waals surface area contributed by atoms with E-state index in [0.29, 0.717) is 5.25 Å². The van der Waals surface area contributed by atoms with Crippen LogP contribution in [0, 0.1) is 0 Å². The number of hydrogen-bond donors (Lipinski definition) is 0. The lowest BCUT2D eigenvalue weighted by Crippen LogP contribution is -1.99. The van der Waals surface area contributed by atoms with Crippen molar-refractivity contribution in [1.82, 2.24) is 14.8 Å². The van der Waals surface area contributed by atoms with Crippen LogP contribution < -0.4 is 0 Å². The Balaban J connectivity index is 1.68. The molecule has 106 valence electrons. The van der Waals surface area contributed by atoms with E-state index in [1.54, 1.807) is 11.3 Å². The van der Waals surface area contributed by atoms with Gasteiger partial charge in [0, 0.05) is 11.8 Å². The molecule has 0 radical (unpaired) electrons. The number of fused-ring (bicyclic) bond motifs is 1. The number of thioether (sulfide) groups is 1. The van der Waals surface area contributed by atoms with Gasteiger partial charge in [0.15, 0.2) is 11.0 Å². The average Bonchev–Trinajstić information content (AvgIpc) is 3.13. The van der Waals surface area contributed by atoms with Crippen molar-refractivity contribution in [2.75, 3.05) is 0 Å². The monoisotopic (exact) mass is 313 g/mol. The Kier molecular flexibility index (Phi) is 3.53. The zero-order valence-corrected chi connectivity index (χ0v) is 13.1. The molecule has 3 heterocycles. The normalized spacial score (nSPS) is 18.2. The van der Waals surface area contributed by atoms with Crippen LogP contribution in [0.15, 0.2) is 53.0 Å². The Labute approximate surface area is 132 Å². The number of nitrogens with zero attached hydrogens (tertiary/aromatic N) is 3. The quantitative estimate of drug-likeness (QED) is 0.691. The number of rotatable bonds is 2. The number of aromatic nitrogens is 3. The predicted molar refractivity (Wildman–Crippen MR) is 87.6 cm³/mol. The summed E-state index contributed by atoms with van der Waals surface area (Å²) in [6, 6.07) is 14.9. The third-order valence-electron chi connectivity index (χ3n) is 3.73. The Morgan fingerprint density at radius 1 is 1.05 bits per heavy atom. The Morgan fingerprint density at radius 3 is 2.76 bits per heavy atom. The first kappa shape index (κ1) is 13.1. The van der Waals surface area contributed by atoms with Crippen molar-refractivity contribution in [2.45, 2.75) is 29.8 Å². The molecule has 0 saturated carbocycles. The van der Waals surface area contributed by atoms with E-state index in [0.717, 1.165) is 23.9 Å². The molecule has 1 atom stereocenters. The molecule has 1 unspecified atom stereocenters. The minimum absolute atomic E-state index is 0.479. The molecule has 2 aromatic heterocycles. The largest absolute Gasteiger partial charge is 0.301 e. The van der Waals surface area contributed by atoms with Gasteiger partial charge in [-0.3, -0.25) is 0 Å². The van der Waals surface area contributed by atoms with Gasteiger partial charge in [-0.15, -0.1) is 21.5 Å². The maximum absolute atomic E-state index is 4.43. The van der Waals surface area contributed by atoms with Gasteiger partial charge in [-0.1, -0.05) is 48.2 Å². The topological polar surface area (TPSA) is 30.7 Å². The molecule has 3 aromatic rings. The average molecular weight is 313 g/mol. The second kappa shape index (κ2) is 5.66. The summed E-state index contributed by atoms with van der Waals surface area (Å²) >= 11 is 3.57. The summed E-state index contributed by atoms with van der Waals surface area (Å²) in [5.41, 5.74) is 1.39. The lowest BCUT2D eigenvalue weighted by atomic mass is 10.1. The maximum Gasteiger partial charge on any atom is 0.192 e. The summed E-state index contributed by atoms with van der Waals surface area (Å²) in [6.45, 7) is 1.01. The SMILES string of the molecule is c1ccc(C2CCCn3c(nnc3-c3cccs3)S2)cc1. The first-order chi connectivity index (χ1) is 10.4. The fraction of sp³-hybridized carbons (Fsp3) is 0.250. The molecule has 5 heteroatoms. The van der Waals surface area contributed by atoms with Gasteiger partial charge in [-0.05, 0) is 29.9 Å². The molecule has 0 amide bonds. The Hall–Kier alpha value is -1.59.